The van der Waals surface area contributed by atoms with E-state index < -0.39 is 0 Å². The highest BCUT2D eigenvalue weighted by Gasteiger charge is 2.08. The summed E-state index contributed by atoms with van der Waals surface area (Å²) in [6.07, 6.45) is 12.0. The first-order valence-electron chi connectivity index (χ1n) is 10.2. The third kappa shape index (κ3) is 13.3. The average Bonchev–Trinajstić information content (AvgIpc) is 2.65. The summed E-state index contributed by atoms with van der Waals surface area (Å²) in [6.45, 7) is 2.71. The van der Waals surface area contributed by atoms with Gasteiger partial charge in [0.05, 0.1) is 6.61 Å². The van der Waals surface area contributed by atoms with Crippen LogP contribution in [0.2, 0.25) is 5.02 Å². The normalized spacial score (nSPS) is 10.6. The van der Waals surface area contributed by atoms with Crippen molar-refractivity contribution in [1.29, 1.82) is 0 Å². The molecule has 1 rings (SSSR count). The molecule has 0 N–H and O–H groups in total. The Morgan fingerprint density at radius 2 is 1.33 bits per heavy atom. The summed E-state index contributed by atoms with van der Waals surface area (Å²) >= 11 is 5.78. The molecular weight excluding hydrogens is 364 g/mol. The number of ether oxygens (including phenoxy) is 2. The molecule has 1 aromatic rings. The van der Waals surface area contributed by atoms with Crippen molar-refractivity contribution in [2.45, 2.75) is 84.0 Å². The number of carbonyl (C=O) groups excluding carboxylic acids is 2. The maximum absolute atomic E-state index is 11.7. The molecule has 0 heterocycles. The highest BCUT2D eigenvalue weighted by Crippen LogP contribution is 2.16. The van der Waals surface area contributed by atoms with Crippen molar-refractivity contribution in [1.82, 2.24) is 0 Å². The van der Waals surface area contributed by atoms with E-state index in [1.807, 2.05) is 0 Å². The largest absolute Gasteiger partial charge is 0.466 e. The molecule has 0 fully saturated rings. The zero-order valence-corrected chi connectivity index (χ0v) is 17.3. The van der Waals surface area contributed by atoms with Gasteiger partial charge in [-0.1, -0.05) is 69.9 Å². The summed E-state index contributed by atoms with van der Waals surface area (Å²) in [5.74, 6) is -0.143. The first-order chi connectivity index (χ1) is 13.1. The van der Waals surface area contributed by atoms with Gasteiger partial charge in [0.25, 0.3) is 0 Å². The van der Waals surface area contributed by atoms with Gasteiger partial charge in [0.2, 0.25) is 0 Å². The van der Waals surface area contributed by atoms with Crippen molar-refractivity contribution in [2.75, 3.05) is 6.61 Å². The van der Waals surface area contributed by atoms with Crippen molar-refractivity contribution in [3.05, 3.63) is 29.3 Å². The molecule has 0 spiro atoms. The number of rotatable bonds is 15. The summed E-state index contributed by atoms with van der Waals surface area (Å²) < 4.78 is 10.4. The van der Waals surface area contributed by atoms with Crippen LogP contribution in [-0.4, -0.2) is 18.5 Å². The van der Waals surface area contributed by atoms with Crippen LogP contribution in [0.1, 0.15) is 84.0 Å². The Morgan fingerprint density at radius 3 is 1.96 bits per heavy atom. The summed E-state index contributed by atoms with van der Waals surface area (Å²) in [4.78, 5) is 23.4. The molecule has 27 heavy (non-hydrogen) atoms. The lowest BCUT2D eigenvalue weighted by molar-refractivity contribution is -0.144. The highest BCUT2D eigenvalue weighted by molar-refractivity contribution is 6.30. The Hall–Kier alpha value is -1.55. The van der Waals surface area contributed by atoms with Crippen LogP contribution >= 0.6 is 11.6 Å². The Labute approximate surface area is 168 Å². The Bertz CT molecular complexity index is 528. The zero-order valence-electron chi connectivity index (χ0n) is 16.5. The Morgan fingerprint density at radius 1 is 0.778 bits per heavy atom. The third-order valence-corrected chi connectivity index (χ3v) is 4.57. The van der Waals surface area contributed by atoms with Crippen LogP contribution in [0.15, 0.2) is 24.3 Å². The zero-order chi connectivity index (χ0) is 19.7. The van der Waals surface area contributed by atoms with Crippen molar-refractivity contribution in [3.8, 4) is 5.75 Å². The van der Waals surface area contributed by atoms with E-state index in [2.05, 4.69) is 6.92 Å². The third-order valence-electron chi connectivity index (χ3n) is 4.32. The average molecular weight is 397 g/mol. The second-order valence-electron chi connectivity index (χ2n) is 6.83. The van der Waals surface area contributed by atoms with Crippen molar-refractivity contribution in [2.24, 2.45) is 0 Å². The van der Waals surface area contributed by atoms with E-state index in [1.165, 1.54) is 44.9 Å². The van der Waals surface area contributed by atoms with Gasteiger partial charge in [-0.25, -0.2) is 0 Å². The van der Waals surface area contributed by atoms with E-state index in [9.17, 15) is 9.59 Å². The van der Waals surface area contributed by atoms with E-state index in [0.29, 0.717) is 23.8 Å². The number of halogens is 1. The lowest BCUT2D eigenvalue weighted by Crippen LogP contribution is -2.10. The van der Waals surface area contributed by atoms with Crippen LogP contribution in [-0.2, 0) is 14.3 Å². The van der Waals surface area contributed by atoms with Gasteiger partial charge in [-0.2, -0.15) is 0 Å². The molecule has 0 saturated carbocycles. The quantitative estimate of drug-likeness (QED) is 0.193. The van der Waals surface area contributed by atoms with E-state index in [0.717, 1.165) is 12.8 Å². The number of hydrogen-bond acceptors (Lipinski definition) is 4. The number of carbonyl (C=O) groups is 2. The number of hydrogen-bond donors (Lipinski definition) is 0. The topological polar surface area (TPSA) is 52.6 Å². The lowest BCUT2D eigenvalue weighted by Gasteiger charge is -2.06. The van der Waals surface area contributed by atoms with Crippen LogP contribution in [0, 0.1) is 0 Å². The van der Waals surface area contributed by atoms with E-state index in [4.69, 9.17) is 21.1 Å². The summed E-state index contributed by atoms with van der Waals surface area (Å²) in [5.41, 5.74) is 0. The molecular formula is C22H33ClO4. The maximum atomic E-state index is 11.7. The van der Waals surface area contributed by atoms with Gasteiger partial charge in [0.15, 0.2) is 0 Å². The molecule has 0 atom stereocenters. The predicted octanol–water partition coefficient (Wildman–Crippen LogP) is 6.49. The minimum absolute atomic E-state index is 0.190. The minimum Gasteiger partial charge on any atom is -0.466 e. The number of benzene rings is 1. The summed E-state index contributed by atoms with van der Waals surface area (Å²) in [6, 6.07) is 6.60. The SMILES string of the molecule is CCCCCCCCCCCOC(=O)CCCC(=O)Oc1ccc(Cl)cc1. The molecule has 152 valence electrons. The molecule has 0 aliphatic heterocycles. The second kappa shape index (κ2) is 15.5. The molecule has 0 bridgehead atoms. The lowest BCUT2D eigenvalue weighted by atomic mass is 10.1. The molecule has 0 radical (unpaired) electrons. The Balaban J connectivity index is 1.93. The second-order valence-corrected chi connectivity index (χ2v) is 7.27. The monoisotopic (exact) mass is 396 g/mol. The molecule has 0 aromatic heterocycles. The molecule has 5 heteroatoms. The van der Waals surface area contributed by atoms with Crippen molar-refractivity contribution in [3.63, 3.8) is 0 Å². The molecule has 0 aliphatic rings. The van der Waals surface area contributed by atoms with Gasteiger partial charge in [-0.15, -0.1) is 0 Å². The number of esters is 2. The van der Waals surface area contributed by atoms with Gasteiger partial charge in [0, 0.05) is 17.9 Å². The Kier molecular flexibility index (Phi) is 13.5. The van der Waals surface area contributed by atoms with E-state index in [1.54, 1.807) is 24.3 Å². The molecule has 0 unspecified atom stereocenters. The standard InChI is InChI=1S/C22H33ClO4/c1-2-3-4-5-6-7-8-9-10-18-26-21(24)12-11-13-22(25)27-20-16-14-19(23)15-17-20/h14-17H,2-13,18H2,1H3. The molecule has 4 nitrogen and oxygen atoms in total. The fourth-order valence-electron chi connectivity index (χ4n) is 2.73. The van der Waals surface area contributed by atoms with E-state index >= 15 is 0 Å². The maximum Gasteiger partial charge on any atom is 0.311 e. The summed E-state index contributed by atoms with van der Waals surface area (Å²) in [7, 11) is 0. The first-order valence-corrected chi connectivity index (χ1v) is 10.6. The predicted molar refractivity (Wildman–Crippen MR) is 109 cm³/mol. The molecule has 0 amide bonds. The number of unbranched alkanes of at least 4 members (excludes halogenated alkanes) is 8. The van der Waals surface area contributed by atoms with Crippen molar-refractivity contribution < 1.29 is 19.1 Å². The van der Waals surface area contributed by atoms with Gasteiger partial charge >= 0.3 is 11.9 Å². The van der Waals surface area contributed by atoms with Gasteiger partial charge < -0.3 is 9.47 Å². The van der Waals surface area contributed by atoms with Crippen LogP contribution in [0.5, 0.6) is 5.75 Å². The van der Waals surface area contributed by atoms with Gasteiger partial charge in [0.1, 0.15) is 5.75 Å². The highest BCUT2D eigenvalue weighted by atomic mass is 35.5. The van der Waals surface area contributed by atoms with Crippen LogP contribution in [0.3, 0.4) is 0 Å². The fourth-order valence-corrected chi connectivity index (χ4v) is 2.86. The fraction of sp³-hybridized carbons (Fsp3) is 0.636. The van der Waals surface area contributed by atoms with E-state index in [-0.39, 0.29) is 24.8 Å². The van der Waals surface area contributed by atoms with Gasteiger partial charge in [-0.05, 0) is 37.1 Å². The molecule has 0 saturated heterocycles. The molecule has 1 aromatic carbocycles. The van der Waals surface area contributed by atoms with Crippen molar-refractivity contribution >= 4 is 23.5 Å². The van der Waals surface area contributed by atoms with Gasteiger partial charge in [-0.3, -0.25) is 9.59 Å². The first kappa shape index (κ1) is 23.5. The smallest absolute Gasteiger partial charge is 0.311 e. The van der Waals surface area contributed by atoms with Crippen LogP contribution < -0.4 is 4.74 Å². The summed E-state index contributed by atoms with van der Waals surface area (Å²) in [5, 5.41) is 0.588. The van der Waals surface area contributed by atoms with Crippen LogP contribution in [0.25, 0.3) is 0 Å². The molecule has 0 aliphatic carbocycles. The minimum atomic E-state index is -0.357. The van der Waals surface area contributed by atoms with Crippen LogP contribution in [0.4, 0.5) is 0 Å².